The van der Waals surface area contributed by atoms with Crippen molar-refractivity contribution in [2.45, 2.75) is 6.92 Å². The van der Waals surface area contributed by atoms with Crippen LogP contribution in [-0.2, 0) is 0 Å². The molecule has 0 aliphatic rings. The normalized spacial score (nSPS) is 11.4. The SMILES string of the molecule is Cc1ccc2nc(-c3cc(N=Cc4cc(Cl)cc([N+](=O)[O-])c4O)ccc3Cl)oc2c1. The van der Waals surface area contributed by atoms with E-state index >= 15 is 0 Å². The molecule has 0 saturated heterocycles. The molecule has 0 fully saturated rings. The van der Waals surface area contributed by atoms with Crippen LogP contribution in [0, 0.1) is 17.0 Å². The third-order valence-electron chi connectivity index (χ3n) is 4.36. The van der Waals surface area contributed by atoms with Gasteiger partial charge in [0.2, 0.25) is 11.6 Å². The van der Waals surface area contributed by atoms with Gasteiger partial charge in [-0.15, -0.1) is 0 Å². The second-order valence-electron chi connectivity index (χ2n) is 6.53. The quantitative estimate of drug-likeness (QED) is 0.222. The van der Waals surface area contributed by atoms with Gasteiger partial charge in [0.05, 0.1) is 21.2 Å². The molecule has 0 atom stereocenters. The zero-order valence-corrected chi connectivity index (χ0v) is 17.0. The Morgan fingerprint density at radius 3 is 2.73 bits per heavy atom. The van der Waals surface area contributed by atoms with Crippen LogP contribution >= 0.6 is 23.2 Å². The summed E-state index contributed by atoms with van der Waals surface area (Å²) in [7, 11) is 0. The largest absolute Gasteiger partial charge is 0.502 e. The first kappa shape index (κ1) is 19.9. The van der Waals surface area contributed by atoms with Gasteiger partial charge in [-0.2, -0.15) is 0 Å². The maximum atomic E-state index is 11.0. The van der Waals surface area contributed by atoms with Gasteiger partial charge in [-0.3, -0.25) is 15.1 Å². The Balaban J connectivity index is 1.72. The van der Waals surface area contributed by atoms with Crippen LogP contribution in [0.25, 0.3) is 22.6 Å². The Morgan fingerprint density at radius 2 is 1.97 bits per heavy atom. The average Bonchev–Trinajstić information content (AvgIpc) is 3.12. The van der Waals surface area contributed by atoms with Crippen molar-refractivity contribution in [3.63, 3.8) is 0 Å². The number of aryl methyl sites for hydroxylation is 1. The minimum absolute atomic E-state index is 0.111. The third kappa shape index (κ3) is 3.85. The molecular weight excluding hydrogens is 429 g/mol. The first-order chi connectivity index (χ1) is 14.3. The number of hydrogen-bond donors (Lipinski definition) is 1. The zero-order chi connectivity index (χ0) is 21.4. The highest BCUT2D eigenvalue weighted by Crippen LogP contribution is 2.35. The standard InChI is InChI=1S/C21H13Cl2N3O4/c1-11-2-5-17-19(6-11)30-21(25-17)15-9-14(3-4-16(15)23)24-10-12-7-13(22)8-18(20(12)27)26(28)29/h2-10,27H,1H3. The van der Waals surface area contributed by atoms with Crippen LogP contribution in [0.2, 0.25) is 10.0 Å². The third-order valence-corrected chi connectivity index (χ3v) is 4.91. The smallest absolute Gasteiger partial charge is 0.312 e. The minimum Gasteiger partial charge on any atom is -0.502 e. The Labute approximate surface area is 180 Å². The molecule has 4 rings (SSSR count). The number of oxazole rings is 1. The van der Waals surface area contributed by atoms with Gasteiger partial charge in [0.15, 0.2) is 5.58 Å². The molecule has 30 heavy (non-hydrogen) atoms. The van der Waals surface area contributed by atoms with Crippen molar-refractivity contribution in [2.24, 2.45) is 4.99 Å². The highest BCUT2D eigenvalue weighted by Gasteiger charge is 2.18. The summed E-state index contributed by atoms with van der Waals surface area (Å²) in [5.41, 5.74) is 3.04. The predicted octanol–water partition coefficient (Wildman–Crippen LogP) is 6.47. The van der Waals surface area contributed by atoms with Gasteiger partial charge in [0.25, 0.3) is 0 Å². The molecule has 0 unspecified atom stereocenters. The summed E-state index contributed by atoms with van der Waals surface area (Å²) in [6, 6.07) is 13.1. The molecule has 0 aliphatic carbocycles. The number of phenolic OH excluding ortho intramolecular Hbond substituents is 1. The molecule has 7 nitrogen and oxygen atoms in total. The Morgan fingerprint density at radius 1 is 1.17 bits per heavy atom. The number of halogens is 2. The van der Waals surface area contributed by atoms with Crippen molar-refractivity contribution in [3.8, 4) is 17.2 Å². The summed E-state index contributed by atoms with van der Waals surface area (Å²) < 4.78 is 5.83. The van der Waals surface area contributed by atoms with Gasteiger partial charge < -0.3 is 9.52 Å². The highest BCUT2D eigenvalue weighted by molar-refractivity contribution is 6.33. The minimum atomic E-state index is -0.714. The van der Waals surface area contributed by atoms with E-state index in [4.69, 9.17) is 27.6 Å². The first-order valence-corrected chi connectivity index (χ1v) is 9.45. The molecule has 0 saturated carbocycles. The molecular formula is C21H13Cl2N3O4. The van der Waals surface area contributed by atoms with Crippen molar-refractivity contribution in [1.82, 2.24) is 4.98 Å². The highest BCUT2D eigenvalue weighted by atomic mass is 35.5. The number of nitro groups is 1. The molecule has 1 aromatic heterocycles. The molecule has 0 radical (unpaired) electrons. The molecule has 150 valence electrons. The van der Waals surface area contributed by atoms with Crippen molar-refractivity contribution < 1.29 is 14.4 Å². The number of nitrogens with zero attached hydrogens (tertiary/aromatic N) is 3. The van der Waals surface area contributed by atoms with Crippen molar-refractivity contribution in [1.29, 1.82) is 0 Å². The lowest BCUT2D eigenvalue weighted by Crippen LogP contribution is -1.92. The fraction of sp³-hybridized carbons (Fsp3) is 0.0476. The summed E-state index contributed by atoms with van der Waals surface area (Å²) in [6.07, 6.45) is 1.29. The van der Waals surface area contributed by atoms with Crippen LogP contribution in [0.3, 0.4) is 0 Å². The maximum Gasteiger partial charge on any atom is 0.312 e. The van der Waals surface area contributed by atoms with Gasteiger partial charge >= 0.3 is 5.69 Å². The van der Waals surface area contributed by atoms with Gasteiger partial charge in [-0.25, -0.2) is 4.98 Å². The predicted molar refractivity (Wildman–Crippen MR) is 116 cm³/mol. The fourth-order valence-electron chi connectivity index (χ4n) is 2.89. The van der Waals surface area contributed by atoms with Crippen LogP contribution in [-0.4, -0.2) is 21.2 Å². The Hall–Kier alpha value is -3.42. The molecule has 0 bridgehead atoms. The Kier molecular flexibility index (Phi) is 5.15. The van der Waals surface area contributed by atoms with E-state index in [2.05, 4.69) is 9.98 Å². The van der Waals surface area contributed by atoms with Crippen molar-refractivity contribution >= 4 is 51.9 Å². The number of aromatic nitrogens is 1. The zero-order valence-electron chi connectivity index (χ0n) is 15.5. The topological polar surface area (TPSA) is 102 Å². The lowest BCUT2D eigenvalue weighted by Gasteiger charge is -2.03. The molecule has 9 heteroatoms. The van der Waals surface area contributed by atoms with E-state index in [1.165, 1.54) is 12.3 Å². The Bertz CT molecular complexity index is 1330. The average molecular weight is 442 g/mol. The van der Waals surface area contributed by atoms with E-state index < -0.39 is 16.4 Å². The second kappa shape index (κ2) is 7.78. The van der Waals surface area contributed by atoms with E-state index in [0.29, 0.717) is 33.3 Å². The number of nitro benzene ring substituents is 1. The van der Waals surface area contributed by atoms with Gasteiger partial charge in [0.1, 0.15) is 5.52 Å². The maximum absolute atomic E-state index is 11.0. The lowest BCUT2D eigenvalue weighted by molar-refractivity contribution is -0.385. The number of benzene rings is 3. The van der Waals surface area contributed by atoms with Crippen LogP contribution in [0.1, 0.15) is 11.1 Å². The molecule has 0 amide bonds. The van der Waals surface area contributed by atoms with E-state index in [1.54, 1.807) is 18.2 Å². The molecule has 4 aromatic rings. The summed E-state index contributed by atoms with van der Waals surface area (Å²) in [4.78, 5) is 19.1. The van der Waals surface area contributed by atoms with Crippen molar-refractivity contribution in [3.05, 3.63) is 79.8 Å². The van der Waals surface area contributed by atoms with Crippen LogP contribution in [0.4, 0.5) is 11.4 Å². The van der Waals surface area contributed by atoms with Crippen LogP contribution < -0.4 is 0 Å². The number of fused-ring (bicyclic) bond motifs is 1. The van der Waals surface area contributed by atoms with E-state index in [1.807, 2.05) is 25.1 Å². The summed E-state index contributed by atoms with van der Waals surface area (Å²) in [5, 5.41) is 21.7. The molecule has 1 heterocycles. The van der Waals surface area contributed by atoms with Gasteiger partial charge in [0, 0.05) is 22.9 Å². The lowest BCUT2D eigenvalue weighted by atomic mass is 10.1. The molecule has 0 aliphatic heterocycles. The van der Waals surface area contributed by atoms with E-state index in [0.717, 1.165) is 11.6 Å². The van der Waals surface area contributed by atoms with Gasteiger partial charge in [-0.05, 0) is 48.9 Å². The van der Waals surface area contributed by atoms with Gasteiger partial charge in [-0.1, -0.05) is 29.3 Å². The summed E-state index contributed by atoms with van der Waals surface area (Å²) in [5.74, 6) is -0.171. The number of aliphatic imine (C=N–C) groups is 1. The number of hydrogen-bond acceptors (Lipinski definition) is 6. The van der Waals surface area contributed by atoms with Crippen LogP contribution in [0.15, 0.2) is 57.9 Å². The second-order valence-corrected chi connectivity index (χ2v) is 7.38. The molecule has 1 N–H and O–H groups in total. The monoisotopic (exact) mass is 441 g/mol. The van der Waals surface area contributed by atoms with Crippen molar-refractivity contribution in [2.75, 3.05) is 0 Å². The molecule has 0 spiro atoms. The summed E-state index contributed by atoms with van der Waals surface area (Å²) >= 11 is 12.2. The number of phenols is 1. The van der Waals surface area contributed by atoms with Crippen LogP contribution in [0.5, 0.6) is 5.75 Å². The summed E-state index contributed by atoms with van der Waals surface area (Å²) in [6.45, 7) is 1.96. The van der Waals surface area contributed by atoms with E-state index in [-0.39, 0.29) is 10.6 Å². The first-order valence-electron chi connectivity index (χ1n) is 8.70. The number of aromatic hydroxyl groups is 1. The molecule has 3 aromatic carbocycles. The fourth-order valence-corrected chi connectivity index (χ4v) is 3.31. The number of rotatable bonds is 4. The van der Waals surface area contributed by atoms with E-state index in [9.17, 15) is 15.2 Å².